The lowest BCUT2D eigenvalue weighted by molar-refractivity contribution is -0.137. The normalized spacial score (nSPS) is 21.8. The van der Waals surface area contributed by atoms with Crippen molar-refractivity contribution >= 4 is 22.5 Å². The number of fused-ring (bicyclic) bond motifs is 1. The van der Waals surface area contributed by atoms with E-state index in [1.165, 1.54) is 12.1 Å². The first-order valence-corrected chi connectivity index (χ1v) is 11.8. The van der Waals surface area contributed by atoms with Crippen LogP contribution in [-0.2, 0) is 11.0 Å². The molecule has 0 bridgehead atoms. The van der Waals surface area contributed by atoms with Crippen LogP contribution in [0.4, 0.5) is 27.6 Å². The van der Waals surface area contributed by atoms with E-state index in [1.54, 1.807) is 18.0 Å². The summed E-state index contributed by atoms with van der Waals surface area (Å²) >= 11 is 0. The first kappa shape index (κ1) is 24.5. The van der Waals surface area contributed by atoms with Crippen molar-refractivity contribution in [3.63, 3.8) is 0 Å². The molecule has 192 valence electrons. The number of nitrogens with one attached hydrogen (secondary N) is 2. The summed E-state index contributed by atoms with van der Waals surface area (Å²) in [7, 11) is 0. The molecule has 1 aliphatic heterocycles. The van der Waals surface area contributed by atoms with Crippen LogP contribution in [0, 0.1) is 5.41 Å². The monoisotopic (exact) mass is 507 g/mol. The maximum absolute atomic E-state index is 12.8. The molecule has 1 aliphatic carbocycles. The zero-order valence-electron chi connectivity index (χ0n) is 19.5. The second-order valence-electron chi connectivity index (χ2n) is 10.0. The topological polar surface area (TPSA) is 57.4 Å². The van der Waals surface area contributed by atoms with Crippen molar-refractivity contribution in [1.82, 2.24) is 9.88 Å². The van der Waals surface area contributed by atoms with E-state index in [2.05, 4.69) is 10.3 Å². The predicted octanol–water partition coefficient (Wildman–Crippen LogP) is 6.04. The van der Waals surface area contributed by atoms with Crippen LogP contribution in [0.3, 0.4) is 0 Å². The van der Waals surface area contributed by atoms with Crippen molar-refractivity contribution in [2.45, 2.75) is 44.4 Å². The molecule has 0 radical (unpaired) electrons. The molecule has 36 heavy (non-hydrogen) atoms. The summed E-state index contributed by atoms with van der Waals surface area (Å²) in [6.45, 7) is 1.98. The van der Waals surface area contributed by atoms with Gasteiger partial charge in [-0.1, -0.05) is 12.1 Å². The highest BCUT2D eigenvalue weighted by molar-refractivity contribution is 6.04. The second-order valence-corrected chi connectivity index (χ2v) is 10.0. The van der Waals surface area contributed by atoms with Gasteiger partial charge >= 0.3 is 6.18 Å². The Balaban J connectivity index is 1.19. The molecule has 1 aromatic heterocycles. The van der Waals surface area contributed by atoms with Gasteiger partial charge in [0.1, 0.15) is 5.75 Å². The number of H-pyrrole nitrogens is 1. The smallest absolute Gasteiger partial charge is 0.416 e. The first-order chi connectivity index (χ1) is 17.0. The highest BCUT2D eigenvalue weighted by Crippen LogP contribution is 2.41. The molecule has 2 heterocycles. The lowest BCUT2D eigenvalue weighted by Gasteiger charge is -2.46. The van der Waals surface area contributed by atoms with Crippen molar-refractivity contribution in [3.05, 3.63) is 59.8 Å². The van der Waals surface area contributed by atoms with Crippen LogP contribution in [0.1, 0.15) is 36.8 Å². The predicted molar refractivity (Wildman–Crippen MR) is 125 cm³/mol. The minimum Gasteiger partial charge on any atom is -0.490 e. The number of aromatic amines is 1. The van der Waals surface area contributed by atoms with Gasteiger partial charge in [-0.3, -0.25) is 9.69 Å². The number of carbonyl (C=O) groups is 1. The van der Waals surface area contributed by atoms with Gasteiger partial charge in [-0.2, -0.15) is 13.2 Å². The summed E-state index contributed by atoms with van der Waals surface area (Å²) < 4.78 is 69.5. The summed E-state index contributed by atoms with van der Waals surface area (Å²) in [5.41, 5.74) is 0.881. The molecule has 0 unspecified atom stereocenters. The number of amides is 1. The Morgan fingerprint density at radius 3 is 2.50 bits per heavy atom. The average Bonchev–Trinajstić information content (AvgIpc) is 3.16. The minimum absolute atomic E-state index is 0.0542. The van der Waals surface area contributed by atoms with Crippen molar-refractivity contribution < 1.29 is 31.5 Å². The van der Waals surface area contributed by atoms with Gasteiger partial charge in [0.25, 0.3) is 6.43 Å². The third-order valence-electron chi connectivity index (χ3n) is 7.10. The standard InChI is InChI=1S/C26H26F5N3O2/c1-25(13-34(14-25)12-23(27)28)24(35)33-22-11-32-21-7-6-18(10-20(21)22)36-19-8-16(9-19)15-2-4-17(5-3-15)26(29,30)31/h2-7,10-11,16,19,23,32H,8-9,12-14H2,1H3,(H,33,35)/t16-,19-. The SMILES string of the molecule is CC1(C(=O)Nc2c[nH]c3ccc(O[C@H]4C[C@H](c5ccc(C(F)(F)F)cc5)C4)cc23)CN(CC(F)F)C1. The molecule has 1 amide bonds. The summed E-state index contributed by atoms with van der Waals surface area (Å²) in [6, 6.07) is 10.8. The third-order valence-corrected chi connectivity index (χ3v) is 7.10. The van der Waals surface area contributed by atoms with Crippen LogP contribution in [0.15, 0.2) is 48.7 Å². The summed E-state index contributed by atoms with van der Waals surface area (Å²) in [5, 5.41) is 3.68. The number of carbonyl (C=O) groups excluding carboxylic acids is 1. The molecular formula is C26H26F5N3O2. The Morgan fingerprint density at radius 1 is 1.17 bits per heavy atom. The van der Waals surface area contributed by atoms with Crippen LogP contribution in [-0.4, -0.2) is 48.0 Å². The molecule has 0 spiro atoms. The number of benzene rings is 2. The largest absolute Gasteiger partial charge is 0.490 e. The third kappa shape index (κ3) is 4.91. The molecule has 1 saturated heterocycles. The average molecular weight is 508 g/mol. The number of ether oxygens (including phenoxy) is 1. The molecule has 1 saturated carbocycles. The molecule has 2 aromatic carbocycles. The zero-order valence-corrected chi connectivity index (χ0v) is 19.5. The quantitative estimate of drug-likeness (QED) is 0.384. The van der Waals surface area contributed by atoms with E-state index in [0.717, 1.165) is 28.6 Å². The van der Waals surface area contributed by atoms with E-state index in [1.807, 2.05) is 18.2 Å². The van der Waals surface area contributed by atoms with Gasteiger partial charge in [-0.05, 0) is 61.6 Å². The number of hydrogen-bond acceptors (Lipinski definition) is 3. The molecule has 2 aliphatic rings. The number of nitrogens with zero attached hydrogens (tertiary/aromatic N) is 1. The summed E-state index contributed by atoms with van der Waals surface area (Å²) in [6.07, 6.45) is -3.73. The molecule has 3 aromatic rings. The van der Waals surface area contributed by atoms with Gasteiger partial charge < -0.3 is 15.0 Å². The molecular weight excluding hydrogens is 481 g/mol. The van der Waals surface area contributed by atoms with Crippen molar-refractivity contribution in [2.24, 2.45) is 5.41 Å². The lowest BCUT2D eigenvalue weighted by atomic mass is 9.77. The number of rotatable bonds is 7. The van der Waals surface area contributed by atoms with E-state index < -0.39 is 23.6 Å². The Morgan fingerprint density at radius 2 is 1.86 bits per heavy atom. The maximum atomic E-state index is 12.8. The van der Waals surface area contributed by atoms with Gasteiger partial charge in [-0.15, -0.1) is 0 Å². The van der Waals surface area contributed by atoms with Gasteiger partial charge in [0.05, 0.1) is 29.3 Å². The fourth-order valence-electron chi connectivity index (χ4n) is 5.03. The highest BCUT2D eigenvalue weighted by atomic mass is 19.4. The number of likely N-dealkylation sites (tertiary alicyclic amines) is 1. The lowest BCUT2D eigenvalue weighted by Crippen LogP contribution is -2.61. The Hall–Kier alpha value is -3.14. The number of hydrogen-bond donors (Lipinski definition) is 2. The fraction of sp³-hybridized carbons (Fsp3) is 0.423. The van der Waals surface area contributed by atoms with E-state index in [4.69, 9.17) is 4.74 Å². The summed E-state index contributed by atoms with van der Waals surface area (Å²) in [4.78, 5) is 17.5. The molecule has 2 fully saturated rings. The fourth-order valence-corrected chi connectivity index (χ4v) is 5.03. The molecule has 0 atom stereocenters. The minimum atomic E-state index is -4.34. The van der Waals surface area contributed by atoms with Crippen LogP contribution in [0.5, 0.6) is 5.75 Å². The summed E-state index contributed by atoms with van der Waals surface area (Å²) in [5.74, 6) is 0.557. The van der Waals surface area contributed by atoms with Gasteiger partial charge in [0, 0.05) is 30.2 Å². The van der Waals surface area contributed by atoms with E-state index in [-0.39, 0.29) is 37.6 Å². The number of anilines is 1. The molecule has 5 nitrogen and oxygen atoms in total. The molecule has 2 N–H and O–H groups in total. The van der Waals surface area contributed by atoms with Crippen LogP contribution >= 0.6 is 0 Å². The Kier molecular flexibility index (Phi) is 6.18. The number of halogens is 5. The van der Waals surface area contributed by atoms with Gasteiger partial charge in [0.2, 0.25) is 5.91 Å². The first-order valence-electron chi connectivity index (χ1n) is 11.8. The Bertz CT molecular complexity index is 1240. The van der Waals surface area contributed by atoms with Crippen LogP contribution in [0.2, 0.25) is 0 Å². The van der Waals surface area contributed by atoms with Crippen molar-refractivity contribution in [2.75, 3.05) is 25.0 Å². The maximum Gasteiger partial charge on any atom is 0.416 e. The zero-order chi connectivity index (χ0) is 25.7. The molecule has 5 rings (SSSR count). The van der Waals surface area contributed by atoms with Crippen molar-refractivity contribution in [1.29, 1.82) is 0 Å². The van der Waals surface area contributed by atoms with E-state index >= 15 is 0 Å². The van der Waals surface area contributed by atoms with E-state index in [0.29, 0.717) is 24.3 Å². The van der Waals surface area contributed by atoms with Crippen molar-refractivity contribution in [3.8, 4) is 5.75 Å². The number of alkyl halides is 5. The van der Waals surface area contributed by atoms with Gasteiger partial charge in [0.15, 0.2) is 0 Å². The highest BCUT2D eigenvalue weighted by Gasteiger charge is 2.45. The second kappa shape index (κ2) is 9.06. The Labute approximate surface area is 204 Å². The van der Waals surface area contributed by atoms with Gasteiger partial charge in [-0.25, -0.2) is 8.78 Å². The van der Waals surface area contributed by atoms with Crippen LogP contribution < -0.4 is 10.1 Å². The molecule has 10 heteroatoms. The number of aromatic nitrogens is 1. The van der Waals surface area contributed by atoms with Crippen LogP contribution in [0.25, 0.3) is 10.9 Å². The van der Waals surface area contributed by atoms with E-state index in [9.17, 15) is 26.7 Å².